The summed E-state index contributed by atoms with van der Waals surface area (Å²) in [6.07, 6.45) is 1.77. The van der Waals surface area contributed by atoms with Crippen LogP contribution < -0.4 is 11.1 Å². The fourth-order valence-corrected chi connectivity index (χ4v) is 1.19. The summed E-state index contributed by atoms with van der Waals surface area (Å²) in [5.41, 5.74) is 5.41. The van der Waals surface area contributed by atoms with E-state index in [-0.39, 0.29) is 17.4 Å². The molecule has 16 heavy (non-hydrogen) atoms. The summed E-state index contributed by atoms with van der Waals surface area (Å²) in [5.74, 6) is 0.185. The largest absolute Gasteiger partial charge is 0.354 e. The van der Waals surface area contributed by atoms with Crippen LogP contribution in [0.1, 0.15) is 33.6 Å². The quantitative estimate of drug-likeness (QED) is 0.679. The van der Waals surface area contributed by atoms with Crippen molar-refractivity contribution in [2.75, 3.05) is 27.2 Å². The van der Waals surface area contributed by atoms with Crippen molar-refractivity contribution < 1.29 is 4.79 Å². The molecule has 0 rings (SSSR count). The summed E-state index contributed by atoms with van der Waals surface area (Å²) in [7, 11) is 4.04. The van der Waals surface area contributed by atoms with Gasteiger partial charge in [0.2, 0.25) is 5.91 Å². The van der Waals surface area contributed by atoms with Crippen LogP contribution in [-0.2, 0) is 4.79 Å². The van der Waals surface area contributed by atoms with Crippen molar-refractivity contribution in [3.05, 3.63) is 0 Å². The normalized spacial score (nSPS) is 13.9. The summed E-state index contributed by atoms with van der Waals surface area (Å²) < 4.78 is 0. The molecule has 0 aromatic heterocycles. The maximum Gasteiger partial charge on any atom is 0.222 e. The van der Waals surface area contributed by atoms with E-state index in [1.54, 1.807) is 0 Å². The molecule has 1 unspecified atom stereocenters. The first-order valence-electron chi connectivity index (χ1n) is 5.96. The zero-order valence-corrected chi connectivity index (χ0v) is 11.3. The third-order valence-electron chi connectivity index (χ3n) is 3.19. The van der Waals surface area contributed by atoms with Gasteiger partial charge in [-0.2, -0.15) is 0 Å². The molecular weight excluding hydrogens is 202 g/mol. The summed E-state index contributed by atoms with van der Waals surface area (Å²) in [4.78, 5) is 13.9. The summed E-state index contributed by atoms with van der Waals surface area (Å²) >= 11 is 0. The molecule has 0 spiro atoms. The van der Waals surface area contributed by atoms with Crippen LogP contribution in [0, 0.1) is 5.92 Å². The van der Waals surface area contributed by atoms with Crippen LogP contribution in [0.5, 0.6) is 0 Å². The number of nitrogens with one attached hydrogen (secondary N) is 1. The molecule has 96 valence electrons. The summed E-state index contributed by atoms with van der Waals surface area (Å²) in [5, 5.41) is 2.99. The van der Waals surface area contributed by atoms with Gasteiger partial charge >= 0.3 is 0 Å². The minimum atomic E-state index is -0.0107. The van der Waals surface area contributed by atoms with Crippen molar-refractivity contribution in [1.29, 1.82) is 0 Å². The van der Waals surface area contributed by atoms with Gasteiger partial charge in [-0.1, -0.05) is 6.92 Å². The van der Waals surface area contributed by atoms with Crippen LogP contribution in [0.3, 0.4) is 0 Å². The van der Waals surface area contributed by atoms with Crippen molar-refractivity contribution in [2.45, 2.75) is 39.2 Å². The molecule has 0 aliphatic carbocycles. The first-order valence-corrected chi connectivity index (χ1v) is 5.96. The Hall–Kier alpha value is -0.610. The average Bonchev–Trinajstić information content (AvgIpc) is 2.22. The van der Waals surface area contributed by atoms with E-state index in [1.165, 1.54) is 0 Å². The number of nitrogens with two attached hydrogens (primary N) is 1. The van der Waals surface area contributed by atoms with Gasteiger partial charge in [-0.3, -0.25) is 4.79 Å². The predicted octanol–water partition coefficient (Wildman–Crippen LogP) is 0.818. The highest BCUT2D eigenvalue weighted by atomic mass is 16.1. The van der Waals surface area contributed by atoms with Crippen molar-refractivity contribution in [1.82, 2.24) is 10.2 Å². The predicted molar refractivity (Wildman–Crippen MR) is 68.2 cm³/mol. The molecule has 0 heterocycles. The Bertz CT molecular complexity index is 214. The molecule has 0 fully saturated rings. The summed E-state index contributed by atoms with van der Waals surface area (Å²) in [6.45, 7) is 7.50. The maximum absolute atomic E-state index is 11.7. The van der Waals surface area contributed by atoms with Crippen molar-refractivity contribution in [3.63, 3.8) is 0 Å². The molecule has 4 nitrogen and oxygen atoms in total. The summed E-state index contributed by atoms with van der Waals surface area (Å²) in [6, 6.07) is 0. The highest BCUT2D eigenvalue weighted by Crippen LogP contribution is 2.09. The first kappa shape index (κ1) is 15.4. The van der Waals surface area contributed by atoms with Gasteiger partial charge in [0.15, 0.2) is 0 Å². The zero-order valence-electron chi connectivity index (χ0n) is 11.3. The molecule has 1 atom stereocenters. The number of rotatable bonds is 7. The van der Waals surface area contributed by atoms with Gasteiger partial charge in [0.1, 0.15) is 0 Å². The van der Waals surface area contributed by atoms with Crippen LogP contribution in [0.4, 0.5) is 0 Å². The van der Waals surface area contributed by atoms with Crippen molar-refractivity contribution in [2.24, 2.45) is 11.7 Å². The zero-order chi connectivity index (χ0) is 12.8. The third-order valence-corrected chi connectivity index (χ3v) is 3.19. The van der Waals surface area contributed by atoms with Gasteiger partial charge < -0.3 is 16.0 Å². The number of carbonyl (C=O) groups excluding carboxylic acids is 1. The van der Waals surface area contributed by atoms with Gasteiger partial charge in [0, 0.05) is 18.0 Å². The van der Waals surface area contributed by atoms with E-state index in [4.69, 9.17) is 5.73 Å². The molecular formula is C12H27N3O. The van der Waals surface area contributed by atoms with E-state index in [0.29, 0.717) is 13.1 Å². The number of hydrogen-bond donors (Lipinski definition) is 2. The molecule has 0 aliphatic heterocycles. The lowest BCUT2D eigenvalue weighted by Crippen LogP contribution is -2.49. The Balaban J connectivity index is 3.97. The van der Waals surface area contributed by atoms with Crippen LogP contribution in [0.2, 0.25) is 0 Å². The monoisotopic (exact) mass is 229 g/mol. The van der Waals surface area contributed by atoms with Crippen LogP contribution in [-0.4, -0.2) is 43.5 Å². The molecule has 0 aliphatic rings. The van der Waals surface area contributed by atoms with E-state index in [2.05, 4.69) is 24.1 Å². The SMILES string of the molecule is CC(CCCN)C(=O)NCC(C)(C)N(C)C. The lowest BCUT2D eigenvalue weighted by atomic mass is 10.0. The van der Waals surface area contributed by atoms with Gasteiger partial charge in [0.25, 0.3) is 0 Å². The second kappa shape index (κ2) is 6.86. The first-order chi connectivity index (χ1) is 7.31. The fraction of sp³-hybridized carbons (Fsp3) is 0.917. The minimum Gasteiger partial charge on any atom is -0.354 e. The standard InChI is InChI=1S/C12H27N3O/c1-10(7-6-8-13)11(16)14-9-12(2,3)15(4)5/h10H,6-9,13H2,1-5H3,(H,14,16). The van der Waals surface area contributed by atoms with Gasteiger partial charge in [-0.25, -0.2) is 0 Å². The molecule has 0 bridgehead atoms. The van der Waals surface area contributed by atoms with E-state index >= 15 is 0 Å². The second-order valence-electron chi connectivity index (χ2n) is 5.26. The van der Waals surface area contributed by atoms with Crippen molar-refractivity contribution in [3.8, 4) is 0 Å². The van der Waals surface area contributed by atoms with E-state index in [9.17, 15) is 4.79 Å². The van der Waals surface area contributed by atoms with Crippen LogP contribution in [0.25, 0.3) is 0 Å². The lowest BCUT2D eigenvalue weighted by Gasteiger charge is -2.33. The van der Waals surface area contributed by atoms with E-state index in [0.717, 1.165) is 12.8 Å². The smallest absolute Gasteiger partial charge is 0.222 e. The molecule has 1 amide bonds. The lowest BCUT2D eigenvalue weighted by molar-refractivity contribution is -0.125. The Morgan fingerprint density at radius 2 is 2.00 bits per heavy atom. The Kier molecular flexibility index (Phi) is 6.60. The average molecular weight is 229 g/mol. The van der Waals surface area contributed by atoms with Gasteiger partial charge in [-0.15, -0.1) is 0 Å². The number of likely N-dealkylation sites (N-methyl/N-ethyl adjacent to an activating group) is 1. The Labute approximate surface area is 99.6 Å². The Morgan fingerprint density at radius 1 is 1.44 bits per heavy atom. The third kappa shape index (κ3) is 5.47. The van der Waals surface area contributed by atoms with E-state index < -0.39 is 0 Å². The number of hydrogen-bond acceptors (Lipinski definition) is 3. The number of amides is 1. The molecule has 3 N–H and O–H groups in total. The van der Waals surface area contributed by atoms with Gasteiger partial charge in [-0.05, 0) is 47.3 Å². The Morgan fingerprint density at radius 3 is 2.44 bits per heavy atom. The topological polar surface area (TPSA) is 58.4 Å². The maximum atomic E-state index is 11.7. The van der Waals surface area contributed by atoms with Gasteiger partial charge in [0.05, 0.1) is 0 Å². The minimum absolute atomic E-state index is 0.0107. The molecule has 0 radical (unpaired) electrons. The number of nitrogens with zero attached hydrogens (tertiary/aromatic N) is 1. The van der Waals surface area contributed by atoms with Crippen LogP contribution in [0.15, 0.2) is 0 Å². The molecule has 0 saturated carbocycles. The highest BCUT2D eigenvalue weighted by Gasteiger charge is 2.22. The number of carbonyl (C=O) groups is 1. The molecule has 4 heteroatoms. The van der Waals surface area contributed by atoms with Crippen LogP contribution >= 0.6 is 0 Å². The molecule has 0 saturated heterocycles. The van der Waals surface area contributed by atoms with Crippen molar-refractivity contribution >= 4 is 5.91 Å². The fourth-order valence-electron chi connectivity index (χ4n) is 1.19. The molecule has 0 aromatic carbocycles. The highest BCUT2D eigenvalue weighted by molar-refractivity contribution is 5.78. The second-order valence-corrected chi connectivity index (χ2v) is 5.26. The van der Waals surface area contributed by atoms with E-state index in [1.807, 2.05) is 21.0 Å². The molecule has 0 aromatic rings.